The Kier molecular flexibility index (Phi) is 5.71. The maximum Gasteiger partial charge on any atom is 0.0728 e. The molecular weight excluding hydrogens is 344 g/mol. The summed E-state index contributed by atoms with van der Waals surface area (Å²) in [6, 6.07) is 0. The SMILES string of the molecule is CC(C)CCCC[C@H]1CC[C@H]2[C@@H]3CCC4(O)C[C@@H](O)CC[C@]4(C)[C@H]3CC[C@]12C. The highest BCUT2D eigenvalue weighted by Gasteiger charge is 2.64. The molecule has 0 saturated heterocycles. The van der Waals surface area contributed by atoms with Crippen molar-refractivity contribution < 1.29 is 10.2 Å². The van der Waals surface area contributed by atoms with E-state index in [1.54, 1.807) is 0 Å². The lowest BCUT2D eigenvalue weighted by molar-refractivity contribution is -0.219. The number of hydrogen-bond donors (Lipinski definition) is 2. The quantitative estimate of drug-likeness (QED) is 0.538. The van der Waals surface area contributed by atoms with E-state index >= 15 is 0 Å². The Morgan fingerprint density at radius 3 is 2.43 bits per heavy atom. The molecule has 28 heavy (non-hydrogen) atoms. The first-order valence-corrected chi connectivity index (χ1v) is 12.6. The van der Waals surface area contributed by atoms with Crippen molar-refractivity contribution in [3.8, 4) is 0 Å². The zero-order valence-electron chi connectivity index (χ0n) is 19.1. The van der Waals surface area contributed by atoms with Gasteiger partial charge in [0.1, 0.15) is 0 Å². The van der Waals surface area contributed by atoms with Crippen LogP contribution in [0.5, 0.6) is 0 Å². The van der Waals surface area contributed by atoms with E-state index in [0.717, 1.165) is 42.9 Å². The Balaban J connectivity index is 1.46. The molecule has 4 fully saturated rings. The molecule has 4 aliphatic carbocycles. The van der Waals surface area contributed by atoms with Gasteiger partial charge < -0.3 is 10.2 Å². The van der Waals surface area contributed by atoms with Gasteiger partial charge in [0, 0.05) is 6.42 Å². The predicted octanol–water partition coefficient (Wildman–Crippen LogP) is 6.34. The third-order valence-corrected chi connectivity index (χ3v) is 10.6. The monoisotopic (exact) mass is 390 g/mol. The highest BCUT2D eigenvalue weighted by atomic mass is 16.3. The van der Waals surface area contributed by atoms with Gasteiger partial charge in [-0.3, -0.25) is 0 Å². The maximum atomic E-state index is 11.5. The summed E-state index contributed by atoms with van der Waals surface area (Å²) >= 11 is 0. The maximum absolute atomic E-state index is 11.5. The summed E-state index contributed by atoms with van der Waals surface area (Å²) in [4.78, 5) is 0. The van der Waals surface area contributed by atoms with Crippen molar-refractivity contribution in [1.29, 1.82) is 0 Å². The van der Waals surface area contributed by atoms with Crippen molar-refractivity contribution in [3.05, 3.63) is 0 Å². The topological polar surface area (TPSA) is 40.5 Å². The lowest BCUT2D eigenvalue weighted by atomic mass is 9.43. The fourth-order valence-corrected chi connectivity index (χ4v) is 8.76. The van der Waals surface area contributed by atoms with E-state index < -0.39 is 5.60 Å². The van der Waals surface area contributed by atoms with E-state index in [1.807, 2.05) is 0 Å². The highest BCUT2D eigenvalue weighted by Crippen LogP contribution is 2.68. The molecule has 0 spiro atoms. The second kappa shape index (κ2) is 7.56. The number of hydrogen-bond acceptors (Lipinski definition) is 2. The van der Waals surface area contributed by atoms with Gasteiger partial charge in [0.2, 0.25) is 0 Å². The van der Waals surface area contributed by atoms with Crippen molar-refractivity contribution >= 4 is 0 Å². The molecule has 0 amide bonds. The van der Waals surface area contributed by atoms with Crippen LogP contribution in [0.2, 0.25) is 0 Å². The first kappa shape index (κ1) is 21.2. The molecule has 8 atom stereocenters. The van der Waals surface area contributed by atoms with Crippen LogP contribution >= 0.6 is 0 Å². The molecule has 0 aliphatic heterocycles. The molecule has 1 unspecified atom stereocenters. The molecule has 0 bridgehead atoms. The molecule has 2 nitrogen and oxygen atoms in total. The average Bonchev–Trinajstić information content (AvgIpc) is 2.96. The van der Waals surface area contributed by atoms with Crippen LogP contribution in [-0.2, 0) is 0 Å². The van der Waals surface area contributed by atoms with Crippen molar-refractivity contribution in [1.82, 2.24) is 0 Å². The van der Waals surface area contributed by atoms with Gasteiger partial charge in [-0.1, -0.05) is 47.0 Å². The molecule has 0 aromatic heterocycles. The molecule has 0 heterocycles. The number of unbranched alkanes of at least 4 members (excludes halogenated alkanes) is 1. The summed E-state index contributed by atoms with van der Waals surface area (Å²) in [6.07, 6.45) is 15.6. The van der Waals surface area contributed by atoms with Gasteiger partial charge in [-0.2, -0.15) is 0 Å². The molecule has 162 valence electrons. The Morgan fingerprint density at radius 1 is 0.893 bits per heavy atom. The number of rotatable bonds is 5. The van der Waals surface area contributed by atoms with Crippen LogP contribution in [0.4, 0.5) is 0 Å². The average molecular weight is 391 g/mol. The van der Waals surface area contributed by atoms with Gasteiger partial charge in [-0.05, 0) is 98.2 Å². The van der Waals surface area contributed by atoms with Crippen LogP contribution in [0.1, 0.15) is 111 Å². The summed E-state index contributed by atoms with van der Waals surface area (Å²) in [5.74, 6) is 4.16. The Hall–Kier alpha value is -0.0800. The van der Waals surface area contributed by atoms with E-state index in [4.69, 9.17) is 0 Å². The molecule has 4 rings (SSSR count). The molecular formula is C26H46O2. The minimum Gasteiger partial charge on any atom is -0.393 e. The molecule has 0 aromatic rings. The van der Waals surface area contributed by atoms with Gasteiger partial charge in [0.25, 0.3) is 0 Å². The third kappa shape index (κ3) is 3.29. The summed E-state index contributed by atoms with van der Waals surface area (Å²) in [5, 5.41) is 21.8. The normalized spacial score (nSPS) is 50.9. The van der Waals surface area contributed by atoms with Gasteiger partial charge >= 0.3 is 0 Å². The van der Waals surface area contributed by atoms with Crippen molar-refractivity contribution in [3.63, 3.8) is 0 Å². The lowest BCUT2D eigenvalue weighted by Crippen LogP contribution is -2.62. The van der Waals surface area contributed by atoms with E-state index in [-0.39, 0.29) is 11.5 Å². The van der Waals surface area contributed by atoms with Crippen molar-refractivity contribution in [2.75, 3.05) is 0 Å². The van der Waals surface area contributed by atoms with Crippen LogP contribution in [-0.4, -0.2) is 21.9 Å². The predicted molar refractivity (Wildman–Crippen MR) is 116 cm³/mol. The summed E-state index contributed by atoms with van der Waals surface area (Å²) in [6.45, 7) is 9.73. The molecule has 2 N–H and O–H groups in total. The largest absolute Gasteiger partial charge is 0.393 e. The number of aliphatic hydroxyl groups is 2. The molecule has 4 saturated carbocycles. The van der Waals surface area contributed by atoms with E-state index in [0.29, 0.717) is 17.8 Å². The molecule has 4 aliphatic rings. The Bertz CT molecular complexity index is 559. The van der Waals surface area contributed by atoms with Crippen LogP contribution in [0, 0.1) is 40.4 Å². The lowest BCUT2D eigenvalue weighted by Gasteiger charge is -2.64. The second-order valence-electron chi connectivity index (χ2n) is 12.3. The Labute approximate surface area is 173 Å². The van der Waals surface area contributed by atoms with Crippen molar-refractivity contribution in [2.24, 2.45) is 40.4 Å². The summed E-state index contributed by atoms with van der Waals surface area (Å²) < 4.78 is 0. The molecule has 2 heteroatoms. The van der Waals surface area contributed by atoms with Crippen molar-refractivity contribution in [2.45, 2.75) is 123 Å². The zero-order chi connectivity index (χ0) is 20.2. The second-order valence-corrected chi connectivity index (χ2v) is 12.3. The first-order chi connectivity index (χ1) is 13.2. The number of fused-ring (bicyclic) bond motifs is 5. The van der Waals surface area contributed by atoms with E-state index in [9.17, 15) is 10.2 Å². The van der Waals surface area contributed by atoms with Crippen LogP contribution in [0.3, 0.4) is 0 Å². The van der Waals surface area contributed by atoms with E-state index in [1.165, 1.54) is 57.8 Å². The number of aliphatic hydroxyl groups excluding tert-OH is 1. The fourth-order valence-electron chi connectivity index (χ4n) is 8.76. The molecule has 0 aromatic carbocycles. The van der Waals surface area contributed by atoms with Gasteiger partial charge in [0.05, 0.1) is 11.7 Å². The zero-order valence-corrected chi connectivity index (χ0v) is 19.1. The Morgan fingerprint density at radius 2 is 1.68 bits per heavy atom. The molecule has 0 radical (unpaired) electrons. The van der Waals surface area contributed by atoms with Crippen LogP contribution < -0.4 is 0 Å². The van der Waals surface area contributed by atoms with Crippen LogP contribution in [0.25, 0.3) is 0 Å². The minimum atomic E-state index is -0.617. The summed E-state index contributed by atoms with van der Waals surface area (Å²) in [7, 11) is 0. The fraction of sp³-hybridized carbons (Fsp3) is 1.00. The highest BCUT2D eigenvalue weighted by molar-refractivity contribution is 5.14. The first-order valence-electron chi connectivity index (χ1n) is 12.6. The van der Waals surface area contributed by atoms with Gasteiger partial charge in [-0.25, -0.2) is 0 Å². The third-order valence-electron chi connectivity index (χ3n) is 10.6. The van der Waals surface area contributed by atoms with Crippen LogP contribution in [0.15, 0.2) is 0 Å². The van der Waals surface area contributed by atoms with Gasteiger partial charge in [0.15, 0.2) is 0 Å². The van der Waals surface area contributed by atoms with E-state index in [2.05, 4.69) is 27.7 Å². The standard InChI is InChI=1S/C26H46O2/c1-18(2)7-5-6-8-19-9-10-22-21-12-16-26(28)17-20(27)11-15-25(26,4)23(21)13-14-24(19,22)3/h18-23,27-28H,5-17H2,1-4H3/t19-,20-,21-,22-,23-,24+,25+,26?/m0/s1. The summed E-state index contributed by atoms with van der Waals surface area (Å²) in [5.41, 5.74) is -0.0285. The van der Waals surface area contributed by atoms with Gasteiger partial charge in [-0.15, -0.1) is 0 Å². The minimum absolute atomic E-state index is 0.0336. The smallest absolute Gasteiger partial charge is 0.0728 e.